The second kappa shape index (κ2) is 5.00. The molecule has 0 spiro atoms. The molecule has 3 heteroatoms. The fourth-order valence-electron chi connectivity index (χ4n) is 2.34. The van der Waals surface area contributed by atoms with Crippen molar-refractivity contribution in [2.24, 2.45) is 5.92 Å². The number of rotatable bonds is 3. The number of anilines is 1. The van der Waals surface area contributed by atoms with Crippen LogP contribution in [-0.2, 0) is 0 Å². The Morgan fingerprint density at radius 1 is 1.38 bits per heavy atom. The molecule has 1 aromatic carbocycles. The van der Waals surface area contributed by atoms with Gasteiger partial charge in [0.25, 0.3) is 0 Å². The van der Waals surface area contributed by atoms with Crippen LogP contribution in [0.1, 0.15) is 42.5 Å². The minimum Gasteiger partial charge on any atom is -0.399 e. The summed E-state index contributed by atoms with van der Waals surface area (Å²) in [5.41, 5.74) is 7.10. The number of ketones is 1. The predicted molar refractivity (Wildman–Crippen MR) is 69.5 cm³/mol. The Kier molecular flexibility index (Phi) is 3.64. The first-order valence-corrected chi connectivity index (χ1v) is 6.54. The van der Waals surface area contributed by atoms with Gasteiger partial charge in [0.1, 0.15) is 0 Å². The summed E-state index contributed by atoms with van der Waals surface area (Å²) in [7, 11) is 0. The van der Waals surface area contributed by atoms with Gasteiger partial charge in [-0.05, 0) is 40.0 Å². The van der Waals surface area contributed by atoms with E-state index in [1.807, 2.05) is 6.07 Å². The fourth-order valence-corrected chi connectivity index (χ4v) is 2.96. The number of nitrogens with two attached hydrogens (primary N) is 1. The minimum absolute atomic E-state index is 0.235. The molecule has 1 fully saturated rings. The zero-order valence-electron chi connectivity index (χ0n) is 9.21. The van der Waals surface area contributed by atoms with Gasteiger partial charge in [0.2, 0.25) is 0 Å². The highest BCUT2D eigenvalue weighted by molar-refractivity contribution is 9.10. The average Bonchev–Trinajstić information content (AvgIpc) is 2.70. The van der Waals surface area contributed by atoms with Crippen molar-refractivity contribution in [3.8, 4) is 0 Å². The molecule has 0 radical (unpaired) electrons. The number of halogens is 1. The fraction of sp³-hybridized carbons (Fsp3) is 0.462. The summed E-state index contributed by atoms with van der Waals surface area (Å²) in [4.78, 5) is 12.1. The topological polar surface area (TPSA) is 43.1 Å². The smallest absolute Gasteiger partial charge is 0.164 e. The van der Waals surface area contributed by atoms with Crippen molar-refractivity contribution in [1.29, 1.82) is 0 Å². The third-order valence-corrected chi connectivity index (χ3v) is 3.90. The lowest BCUT2D eigenvalue weighted by Gasteiger charge is -2.09. The quantitative estimate of drug-likeness (QED) is 0.677. The summed E-state index contributed by atoms with van der Waals surface area (Å²) < 4.78 is 0.815. The Balaban J connectivity index is 2.08. The van der Waals surface area contributed by atoms with Crippen LogP contribution in [0.3, 0.4) is 0 Å². The van der Waals surface area contributed by atoms with E-state index in [0.717, 1.165) is 10.0 Å². The van der Waals surface area contributed by atoms with Gasteiger partial charge in [-0.25, -0.2) is 0 Å². The largest absolute Gasteiger partial charge is 0.399 e. The Morgan fingerprint density at radius 2 is 2.06 bits per heavy atom. The Bertz CT molecular complexity index is 397. The van der Waals surface area contributed by atoms with Crippen molar-refractivity contribution in [3.05, 3.63) is 28.2 Å². The maximum Gasteiger partial charge on any atom is 0.164 e. The zero-order valence-corrected chi connectivity index (χ0v) is 10.8. The molecule has 1 aliphatic carbocycles. The molecule has 0 aliphatic heterocycles. The first-order chi connectivity index (χ1) is 7.66. The Hall–Kier alpha value is -0.830. The summed E-state index contributed by atoms with van der Waals surface area (Å²) in [6.45, 7) is 0. The second-order valence-corrected chi connectivity index (χ2v) is 5.37. The van der Waals surface area contributed by atoms with Crippen LogP contribution < -0.4 is 5.73 Å². The van der Waals surface area contributed by atoms with Gasteiger partial charge in [0.05, 0.1) is 0 Å². The van der Waals surface area contributed by atoms with Crippen LogP contribution in [0, 0.1) is 5.92 Å². The first kappa shape index (κ1) is 11.6. The highest BCUT2D eigenvalue weighted by atomic mass is 79.9. The van der Waals surface area contributed by atoms with Gasteiger partial charge in [0.15, 0.2) is 5.78 Å². The lowest BCUT2D eigenvalue weighted by atomic mass is 9.97. The molecule has 0 aromatic heterocycles. The summed E-state index contributed by atoms with van der Waals surface area (Å²) in [5.74, 6) is 0.829. The van der Waals surface area contributed by atoms with Crippen molar-refractivity contribution in [2.45, 2.75) is 32.1 Å². The first-order valence-electron chi connectivity index (χ1n) is 5.75. The van der Waals surface area contributed by atoms with Crippen LogP contribution in [0.5, 0.6) is 0 Å². The number of carbonyl (C=O) groups is 1. The lowest BCUT2D eigenvalue weighted by Crippen LogP contribution is -2.06. The van der Waals surface area contributed by atoms with E-state index in [4.69, 9.17) is 5.73 Å². The predicted octanol–water partition coefficient (Wildman–Crippen LogP) is 3.79. The van der Waals surface area contributed by atoms with Crippen LogP contribution >= 0.6 is 15.9 Å². The average molecular weight is 282 g/mol. The van der Waals surface area contributed by atoms with E-state index in [0.29, 0.717) is 18.0 Å². The van der Waals surface area contributed by atoms with Gasteiger partial charge in [-0.3, -0.25) is 4.79 Å². The molecule has 1 aromatic rings. The van der Waals surface area contributed by atoms with E-state index in [1.54, 1.807) is 12.1 Å². The molecule has 0 atom stereocenters. The molecule has 86 valence electrons. The summed E-state index contributed by atoms with van der Waals surface area (Å²) >= 11 is 3.40. The molecule has 1 saturated carbocycles. The highest BCUT2D eigenvalue weighted by Gasteiger charge is 2.20. The molecule has 2 rings (SSSR count). The van der Waals surface area contributed by atoms with E-state index in [-0.39, 0.29) is 5.78 Å². The van der Waals surface area contributed by atoms with Gasteiger partial charge >= 0.3 is 0 Å². The maximum absolute atomic E-state index is 12.1. The number of Topliss-reactive ketones (excluding diaryl/α,β-unsaturated/α-hetero) is 1. The zero-order chi connectivity index (χ0) is 11.5. The van der Waals surface area contributed by atoms with E-state index in [2.05, 4.69) is 15.9 Å². The van der Waals surface area contributed by atoms with Crippen molar-refractivity contribution in [1.82, 2.24) is 0 Å². The standard InChI is InChI=1S/C13H16BrNO/c14-12-8-10(15)5-6-11(12)13(16)7-9-3-1-2-4-9/h5-6,8-9H,1-4,7,15H2. The van der Waals surface area contributed by atoms with Gasteiger partial charge in [-0.15, -0.1) is 0 Å². The molecule has 16 heavy (non-hydrogen) atoms. The Morgan fingerprint density at radius 3 is 2.69 bits per heavy atom. The molecular formula is C13H16BrNO. The van der Waals surface area contributed by atoms with Crippen LogP contribution in [-0.4, -0.2) is 5.78 Å². The molecule has 1 aliphatic rings. The number of carbonyl (C=O) groups excluding carboxylic acids is 1. The maximum atomic E-state index is 12.1. The van der Waals surface area contributed by atoms with E-state index in [9.17, 15) is 4.79 Å². The third-order valence-electron chi connectivity index (χ3n) is 3.24. The molecule has 0 unspecified atom stereocenters. The van der Waals surface area contributed by atoms with Crippen LogP contribution in [0.4, 0.5) is 5.69 Å². The number of nitrogen functional groups attached to an aromatic ring is 1. The number of benzene rings is 1. The summed E-state index contributed by atoms with van der Waals surface area (Å²) in [6.07, 6.45) is 5.65. The minimum atomic E-state index is 0.235. The number of hydrogen-bond donors (Lipinski definition) is 1. The van der Waals surface area contributed by atoms with Gasteiger partial charge in [-0.1, -0.05) is 25.7 Å². The molecule has 0 bridgehead atoms. The van der Waals surface area contributed by atoms with Crippen LogP contribution in [0.2, 0.25) is 0 Å². The van der Waals surface area contributed by atoms with E-state index >= 15 is 0 Å². The van der Waals surface area contributed by atoms with Crippen molar-refractivity contribution in [3.63, 3.8) is 0 Å². The van der Waals surface area contributed by atoms with Gasteiger partial charge in [-0.2, -0.15) is 0 Å². The summed E-state index contributed by atoms with van der Waals surface area (Å²) in [5, 5.41) is 0. The monoisotopic (exact) mass is 281 g/mol. The van der Waals surface area contributed by atoms with Crippen LogP contribution in [0.15, 0.2) is 22.7 Å². The molecular weight excluding hydrogens is 266 g/mol. The van der Waals surface area contributed by atoms with Gasteiger partial charge < -0.3 is 5.73 Å². The van der Waals surface area contributed by atoms with E-state index in [1.165, 1.54) is 25.7 Å². The SMILES string of the molecule is Nc1ccc(C(=O)CC2CCCC2)c(Br)c1. The molecule has 0 heterocycles. The Labute approximate surface area is 104 Å². The molecule has 2 N–H and O–H groups in total. The molecule has 0 amide bonds. The number of hydrogen-bond acceptors (Lipinski definition) is 2. The molecule has 2 nitrogen and oxygen atoms in total. The van der Waals surface area contributed by atoms with Crippen molar-refractivity contribution in [2.75, 3.05) is 5.73 Å². The normalized spacial score (nSPS) is 16.6. The molecule has 0 saturated heterocycles. The lowest BCUT2D eigenvalue weighted by molar-refractivity contribution is 0.0961. The van der Waals surface area contributed by atoms with E-state index < -0.39 is 0 Å². The summed E-state index contributed by atoms with van der Waals surface area (Å²) in [6, 6.07) is 5.39. The van der Waals surface area contributed by atoms with Gasteiger partial charge in [0, 0.05) is 22.1 Å². The third kappa shape index (κ3) is 2.64. The van der Waals surface area contributed by atoms with Crippen molar-refractivity contribution >= 4 is 27.4 Å². The highest BCUT2D eigenvalue weighted by Crippen LogP contribution is 2.30. The van der Waals surface area contributed by atoms with Crippen molar-refractivity contribution < 1.29 is 4.79 Å². The second-order valence-electron chi connectivity index (χ2n) is 4.52. The van der Waals surface area contributed by atoms with Crippen LogP contribution in [0.25, 0.3) is 0 Å².